The Hall–Kier alpha value is -2.58. The van der Waals surface area contributed by atoms with Gasteiger partial charge in [-0.3, -0.25) is 9.78 Å². The summed E-state index contributed by atoms with van der Waals surface area (Å²) in [5.41, 5.74) is 2.16. The van der Waals surface area contributed by atoms with E-state index in [9.17, 15) is 4.79 Å². The highest BCUT2D eigenvalue weighted by Gasteiger charge is 2.18. The van der Waals surface area contributed by atoms with Gasteiger partial charge in [0, 0.05) is 30.9 Å². The standard InChI is InChI=1S/C19H23N5O2S/c1-11(26-4)9-21-18(25)16-17-15(8-12(2)27-17)23-19(24-16)22-13(3)14-6-5-7-20-10-14/h5-8,10-11,13H,9H2,1-4H3,(H,21,25)(H,22,23,24)/t11-,13+/m1/s1. The van der Waals surface area contributed by atoms with E-state index in [0.717, 1.165) is 20.7 Å². The molecule has 0 fully saturated rings. The van der Waals surface area contributed by atoms with E-state index in [-0.39, 0.29) is 18.1 Å². The van der Waals surface area contributed by atoms with Gasteiger partial charge in [0.25, 0.3) is 5.91 Å². The normalized spacial score (nSPS) is 13.3. The summed E-state index contributed by atoms with van der Waals surface area (Å²) >= 11 is 1.52. The van der Waals surface area contributed by atoms with E-state index in [1.165, 1.54) is 11.3 Å². The molecule has 0 saturated heterocycles. The Balaban J connectivity index is 1.89. The van der Waals surface area contributed by atoms with Crippen molar-refractivity contribution in [3.05, 3.63) is 46.7 Å². The third-order valence-corrected chi connectivity index (χ3v) is 5.24. The van der Waals surface area contributed by atoms with Crippen molar-refractivity contribution in [1.82, 2.24) is 20.3 Å². The second kappa shape index (κ2) is 8.41. The topological polar surface area (TPSA) is 89.0 Å². The van der Waals surface area contributed by atoms with Gasteiger partial charge in [-0.2, -0.15) is 0 Å². The SMILES string of the molecule is CO[C@H](C)CNC(=O)c1nc(N[C@@H](C)c2cccnc2)nc2cc(C)sc12. The van der Waals surface area contributed by atoms with Gasteiger partial charge in [-0.05, 0) is 38.5 Å². The quantitative estimate of drug-likeness (QED) is 0.648. The molecular weight excluding hydrogens is 362 g/mol. The largest absolute Gasteiger partial charge is 0.380 e. The number of carbonyl (C=O) groups excluding carboxylic acids is 1. The highest BCUT2D eigenvalue weighted by molar-refractivity contribution is 7.19. The number of fused-ring (bicyclic) bond motifs is 1. The predicted molar refractivity (Wildman–Crippen MR) is 107 cm³/mol. The number of hydrogen-bond donors (Lipinski definition) is 2. The molecule has 0 unspecified atom stereocenters. The number of amides is 1. The summed E-state index contributed by atoms with van der Waals surface area (Å²) in [5, 5.41) is 6.15. The maximum absolute atomic E-state index is 12.7. The van der Waals surface area contributed by atoms with Crippen molar-refractivity contribution in [3.8, 4) is 0 Å². The summed E-state index contributed by atoms with van der Waals surface area (Å²) in [6.45, 7) is 6.31. The lowest BCUT2D eigenvalue weighted by atomic mass is 10.1. The molecule has 2 N–H and O–H groups in total. The minimum atomic E-state index is -0.231. The molecule has 2 atom stereocenters. The van der Waals surface area contributed by atoms with Crippen molar-refractivity contribution in [3.63, 3.8) is 0 Å². The molecule has 0 aliphatic rings. The van der Waals surface area contributed by atoms with Gasteiger partial charge in [-0.1, -0.05) is 6.07 Å². The van der Waals surface area contributed by atoms with Crippen LogP contribution in [0.5, 0.6) is 0 Å². The number of nitrogens with zero attached hydrogens (tertiary/aromatic N) is 3. The third-order valence-electron chi connectivity index (χ3n) is 4.19. The fourth-order valence-corrected chi connectivity index (χ4v) is 3.52. The summed E-state index contributed by atoms with van der Waals surface area (Å²) in [6, 6.07) is 5.80. The van der Waals surface area contributed by atoms with Crippen LogP contribution in [0, 0.1) is 6.92 Å². The summed E-state index contributed by atoms with van der Waals surface area (Å²) in [5.74, 6) is 0.187. The maximum Gasteiger partial charge on any atom is 0.271 e. The molecule has 3 heterocycles. The van der Waals surface area contributed by atoms with E-state index in [0.29, 0.717) is 18.2 Å². The smallest absolute Gasteiger partial charge is 0.271 e. The Morgan fingerprint density at radius 2 is 2.15 bits per heavy atom. The van der Waals surface area contributed by atoms with Crippen LogP contribution in [-0.4, -0.2) is 40.6 Å². The molecule has 0 aliphatic heterocycles. The van der Waals surface area contributed by atoms with Crippen LogP contribution >= 0.6 is 11.3 Å². The second-order valence-corrected chi connectivity index (χ2v) is 7.63. The number of aryl methyl sites for hydroxylation is 1. The van der Waals surface area contributed by atoms with E-state index < -0.39 is 0 Å². The number of methoxy groups -OCH3 is 1. The molecule has 3 aromatic rings. The first-order chi connectivity index (χ1) is 13.0. The van der Waals surface area contributed by atoms with E-state index in [4.69, 9.17) is 4.74 Å². The zero-order valence-corrected chi connectivity index (χ0v) is 16.6. The number of thiophene rings is 1. The lowest BCUT2D eigenvalue weighted by Gasteiger charge is -2.15. The first-order valence-electron chi connectivity index (χ1n) is 8.73. The molecule has 142 valence electrons. The van der Waals surface area contributed by atoms with Gasteiger partial charge < -0.3 is 15.4 Å². The molecular formula is C19H23N5O2S. The minimum Gasteiger partial charge on any atom is -0.380 e. The van der Waals surface area contributed by atoms with Crippen LogP contribution < -0.4 is 10.6 Å². The van der Waals surface area contributed by atoms with Gasteiger partial charge in [0.05, 0.1) is 22.4 Å². The summed E-state index contributed by atoms with van der Waals surface area (Å²) < 4.78 is 5.98. The maximum atomic E-state index is 12.7. The van der Waals surface area contributed by atoms with Crippen molar-refractivity contribution in [2.75, 3.05) is 19.0 Å². The molecule has 0 bridgehead atoms. The molecule has 0 radical (unpaired) electrons. The molecule has 1 amide bonds. The number of rotatable bonds is 7. The molecule has 3 rings (SSSR count). The van der Waals surface area contributed by atoms with Gasteiger partial charge >= 0.3 is 0 Å². The number of nitrogens with one attached hydrogen (secondary N) is 2. The molecule has 0 aromatic carbocycles. The van der Waals surface area contributed by atoms with Gasteiger partial charge in [0.1, 0.15) is 0 Å². The van der Waals surface area contributed by atoms with Crippen molar-refractivity contribution in [2.45, 2.75) is 32.9 Å². The minimum absolute atomic E-state index is 0.0414. The van der Waals surface area contributed by atoms with Crippen LogP contribution in [0.15, 0.2) is 30.6 Å². The van der Waals surface area contributed by atoms with Gasteiger partial charge in [-0.25, -0.2) is 9.97 Å². The van der Waals surface area contributed by atoms with Crippen LogP contribution in [0.3, 0.4) is 0 Å². The zero-order chi connectivity index (χ0) is 19.4. The molecule has 0 spiro atoms. The lowest BCUT2D eigenvalue weighted by Crippen LogP contribution is -2.32. The number of aromatic nitrogens is 3. The Morgan fingerprint density at radius 3 is 2.85 bits per heavy atom. The van der Waals surface area contributed by atoms with Gasteiger partial charge in [0.2, 0.25) is 5.95 Å². The Kier molecular flexibility index (Phi) is 5.98. The highest BCUT2D eigenvalue weighted by atomic mass is 32.1. The molecule has 0 saturated carbocycles. The molecule has 3 aromatic heterocycles. The Labute approximate surface area is 162 Å². The zero-order valence-electron chi connectivity index (χ0n) is 15.8. The number of anilines is 1. The number of pyridine rings is 1. The average molecular weight is 385 g/mol. The highest BCUT2D eigenvalue weighted by Crippen LogP contribution is 2.28. The first kappa shape index (κ1) is 19.2. The van der Waals surface area contributed by atoms with Gasteiger partial charge in [-0.15, -0.1) is 11.3 Å². The van der Waals surface area contributed by atoms with Crippen molar-refractivity contribution in [1.29, 1.82) is 0 Å². The van der Waals surface area contributed by atoms with Crippen LogP contribution in [-0.2, 0) is 4.74 Å². The van der Waals surface area contributed by atoms with Crippen LogP contribution in [0.25, 0.3) is 10.2 Å². The van der Waals surface area contributed by atoms with Crippen molar-refractivity contribution >= 4 is 33.4 Å². The van der Waals surface area contributed by atoms with Crippen molar-refractivity contribution in [2.24, 2.45) is 0 Å². The Morgan fingerprint density at radius 1 is 1.33 bits per heavy atom. The number of ether oxygens (including phenoxy) is 1. The average Bonchev–Trinajstić information content (AvgIpc) is 3.05. The lowest BCUT2D eigenvalue weighted by molar-refractivity contribution is 0.0868. The monoisotopic (exact) mass is 385 g/mol. The number of carbonyl (C=O) groups is 1. The predicted octanol–water partition coefficient (Wildman–Crippen LogP) is 3.33. The Bertz CT molecular complexity index is 928. The number of hydrogen-bond acceptors (Lipinski definition) is 7. The third kappa shape index (κ3) is 4.58. The van der Waals surface area contributed by atoms with E-state index >= 15 is 0 Å². The van der Waals surface area contributed by atoms with E-state index in [1.54, 1.807) is 19.5 Å². The van der Waals surface area contributed by atoms with E-state index in [1.807, 2.05) is 39.0 Å². The molecule has 0 aliphatic carbocycles. The summed E-state index contributed by atoms with van der Waals surface area (Å²) in [6.07, 6.45) is 3.46. The fourth-order valence-electron chi connectivity index (χ4n) is 2.58. The fraction of sp³-hybridized carbons (Fsp3) is 0.368. The van der Waals surface area contributed by atoms with Gasteiger partial charge in [0.15, 0.2) is 5.69 Å². The second-order valence-electron chi connectivity index (χ2n) is 6.38. The summed E-state index contributed by atoms with van der Waals surface area (Å²) in [7, 11) is 1.62. The van der Waals surface area contributed by atoms with Crippen molar-refractivity contribution < 1.29 is 9.53 Å². The first-order valence-corrected chi connectivity index (χ1v) is 9.55. The van der Waals surface area contributed by atoms with Crippen LogP contribution in [0.1, 0.15) is 40.8 Å². The molecule has 7 nitrogen and oxygen atoms in total. The van der Waals surface area contributed by atoms with E-state index in [2.05, 4.69) is 25.6 Å². The molecule has 8 heteroatoms. The van der Waals surface area contributed by atoms with Crippen LogP contribution in [0.2, 0.25) is 0 Å². The summed E-state index contributed by atoms with van der Waals surface area (Å²) in [4.78, 5) is 27.0. The molecule has 27 heavy (non-hydrogen) atoms. The van der Waals surface area contributed by atoms with Crippen LogP contribution in [0.4, 0.5) is 5.95 Å².